The molecule has 0 N–H and O–H groups in total. The standard InChI is InChI=1S/C51H78N2.2CH3.Ni/c1-4-7-10-13-15-16-17-18-19-20-21-22-23-24-25-26-27-29-31-36-46-37-33-34-39-49(46)50-44-48(38-32-28-14-11-8-5-2)51(53(50)52)47-42-40-45(41-43-47)35-30-12-9-6-3;;;/h33-34,37,39-44H,4-25,28-32,35-36,38H2,1-3H3;2*1H3;/q;2*-1;+2. The average molecular weight is 808 g/mol. The molecule has 2 aromatic carbocycles. The molecule has 0 fully saturated rings. The van der Waals surface area contributed by atoms with Crippen LogP contribution in [0.4, 0.5) is 0 Å². The first-order chi connectivity index (χ1) is 26.2. The summed E-state index contributed by atoms with van der Waals surface area (Å²) in [5.41, 5.74) is 19.9. The van der Waals surface area contributed by atoms with Crippen molar-refractivity contribution < 1.29 is 21.2 Å². The van der Waals surface area contributed by atoms with Gasteiger partial charge in [-0.05, 0) is 74.3 Å². The quantitative estimate of drug-likeness (QED) is 0.0238. The predicted octanol–water partition coefficient (Wildman–Crippen LogP) is 17.5. The Hall–Kier alpha value is -2.43. The smallest absolute Gasteiger partial charge is 0.493 e. The molecule has 0 atom stereocenters. The van der Waals surface area contributed by atoms with E-state index in [-0.39, 0.29) is 31.3 Å². The molecule has 0 amide bonds. The number of nitrogens with zero attached hydrogens (tertiary/aromatic N) is 2. The third-order valence-electron chi connectivity index (χ3n) is 11.2. The first-order valence-electron chi connectivity index (χ1n) is 22.8. The second-order valence-corrected chi connectivity index (χ2v) is 16.0. The Bertz CT molecular complexity index is 1390. The largest absolute Gasteiger partial charge is 2.00 e. The van der Waals surface area contributed by atoms with Crippen molar-refractivity contribution in [2.75, 3.05) is 0 Å². The van der Waals surface area contributed by atoms with Crippen LogP contribution in [0.25, 0.3) is 16.9 Å². The molecule has 0 radical (unpaired) electrons. The zero-order valence-electron chi connectivity index (χ0n) is 37.1. The van der Waals surface area contributed by atoms with Crippen molar-refractivity contribution >= 4 is 11.4 Å². The summed E-state index contributed by atoms with van der Waals surface area (Å²) >= 11 is 0. The fourth-order valence-electron chi connectivity index (χ4n) is 7.86. The molecule has 316 valence electrons. The van der Waals surface area contributed by atoms with Crippen LogP contribution in [0.3, 0.4) is 0 Å². The van der Waals surface area contributed by atoms with Gasteiger partial charge in [0.05, 0.1) is 0 Å². The van der Waals surface area contributed by atoms with E-state index in [9.17, 15) is 5.53 Å². The summed E-state index contributed by atoms with van der Waals surface area (Å²) in [4.78, 5) is 0. The van der Waals surface area contributed by atoms with E-state index in [1.54, 1.807) is 0 Å². The van der Waals surface area contributed by atoms with Crippen molar-refractivity contribution in [1.29, 1.82) is 0 Å². The summed E-state index contributed by atoms with van der Waals surface area (Å²) < 4.78 is 1.50. The molecule has 0 aliphatic carbocycles. The first-order valence-corrected chi connectivity index (χ1v) is 22.8. The Labute approximate surface area is 359 Å². The Balaban J connectivity index is 0.0000101. The molecule has 3 rings (SSSR count). The molecule has 1 aliphatic heterocycles. The normalized spacial score (nSPS) is 12.1. The van der Waals surface area contributed by atoms with Crippen molar-refractivity contribution in [3.8, 4) is 11.8 Å². The monoisotopic (exact) mass is 807 g/mol. The van der Waals surface area contributed by atoms with Gasteiger partial charge in [0, 0.05) is 35.6 Å². The van der Waals surface area contributed by atoms with Crippen molar-refractivity contribution in [1.82, 2.24) is 0 Å². The van der Waals surface area contributed by atoms with E-state index >= 15 is 0 Å². The molecule has 0 bridgehead atoms. The fraction of sp³-hybridized carbons (Fsp3) is 0.623. The second kappa shape index (κ2) is 35.7. The van der Waals surface area contributed by atoms with E-state index in [0.29, 0.717) is 0 Å². The molecule has 0 unspecified atom stereocenters. The molecule has 1 heterocycles. The number of allylic oxidation sites excluding steroid dienone is 2. The Morgan fingerprint density at radius 1 is 0.482 bits per heavy atom. The van der Waals surface area contributed by atoms with Gasteiger partial charge >= 0.3 is 16.5 Å². The van der Waals surface area contributed by atoms with Crippen LogP contribution in [-0.2, 0) is 29.3 Å². The summed E-state index contributed by atoms with van der Waals surface area (Å²) in [5.74, 6) is 6.93. The summed E-state index contributed by atoms with van der Waals surface area (Å²) in [6.45, 7) is 6.85. The van der Waals surface area contributed by atoms with Gasteiger partial charge in [0.15, 0.2) is 0 Å². The first kappa shape index (κ1) is 53.6. The maximum absolute atomic E-state index is 11.8. The van der Waals surface area contributed by atoms with Crippen LogP contribution < -0.4 is 0 Å². The van der Waals surface area contributed by atoms with Gasteiger partial charge in [-0.3, -0.25) is 0 Å². The maximum atomic E-state index is 11.8. The fourth-order valence-corrected chi connectivity index (χ4v) is 7.86. The number of rotatable bonds is 31. The molecular weight excluding hydrogens is 723 g/mol. The Morgan fingerprint density at radius 3 is 1.48 bits per heavy atom. The van der Waals surface area contributed by atoms with Crippen LogP contribution in [0, 0.1) is 26.7 Å². The van der Waals surface area contributed by atoms with Crippen LogP contribution in [0.5, 0.6) is 0 Å². The average Bonchev–Trinajstić information content (AvgIpc) is 3.51. The van der Waals surface area contributed by atoms with Gasteiger partial charge in [-0.25, -0.2) is 4.70 Å². The van der Waals surface area contributed by atoms with Crippen molar-refractivity contribution in [2.24, 2.45) is 0 Å². The van der Waals surface area contributed by atoms with Crippen LogP contribution in [-0.4, -0.2) is 4.70 Å². The molecule has 1 aliphatic rings. The van der Waals surface area contributed by atoms with E-state index in [1.165, 1.54) is 169 Å². The van der Waals surface area contributed by atoms with Gasteiger partial charge in [-0.1, -0.05) is 186 Å². The topological polar surface area (TPSA) is 25.3 Å². The molecule has 0 saturated heterocycles. The molecule has 0 aromatic heterocycles. The minimum atomic E-state index is 0. The minimum Gasteiger partial charge on any atom is -0.493 e. The third-order valence-corrected chi connectivity index (χ3v) is 11.2. The Kier molecular flexibility index (Phi) is 34.2. The third kappa shape index (κ3) is 21.9. The number of benzene rings is 2. The van der Waals surface area contributed by atoms with Crippen LogP contribution in [0.15, 0.2) is 60.2 Å². The molecule has 56 heavy (non-hydrogen) atoms. The summed E-state index contributed by atoms with van der Waals surface area (Å²) in [6.07, 6.45) is 40.8. The van der Waals surface area contributed by atoms with Crippen LogP contribution in [0.1, 0.15) is 223 Å². The van der Waals surface area contributed by atoms with Crippen LogP contribution in [0.2, 0.25) is 0 Å². The van der Waals surface area contributed by atoms with E-state index in [4.69, 9.17) is 0 Å². The predicted molar refractivity (Wildman–Crippen MR) is 246 cm³/mol. The van der Waals surface area contributed by atoms with Crippen LogP contribution >= 0.6 is 0 Å². The van der Waals surface area contributed by atoms with Crippen molar-refractivity contribution in [2.45, 2.75) is 213 Å². The van der Waals surface area contributed by atoms with E-state index in [1.807, 2.05) is 0 Å². The van der Waals surface area contributed by atoms with Gasteiger partial charge in [0.25, 0.3) is 0 Å². The van der Waals surface area contributed by atoms with E-state index < -0.39 is 0 Å². The number of hydrogen-bond acceptors (Lipinski definition) is 0. The molecule has 2 aromatic rings. The molecule has 3 heteroatoms. The number of aryl methyl sites for hydroxylation is 2. The molecule has 0 spiro atoms. The minimum absolute atomic E-state index is 0. The summed E-state index contributed by atoms with van der Waals surface area (Å²) in [7, 11) is 0. The van der Waals surface area contributed by atoms with Gasteiger partial charge < -0.3 is 20.4 Å². The van der Waals surface area contributed by atoms with E-state index in [0.717, 1.165) is 67.5 Å². The van der Waals surface area contributed by atoms with Gasteiger partial charge in [0.1, 0.15) is 0 Å². The number of hydrogen-bond donors (Lipinski definition) is 0. The molecular formula is C53H84N2Ni. The van der Waals surface area contributed by atoms with E-state index in [2.05, 4.69) is 87.2 Å². The summed E-state index contributed by atoms with van der Waals surface area (Å²) in [6, 6.07) is 17.7. The zero-order valence-corrected chi connectivity index (χ0v) is 38.1. The van der Waals surface area contributed by atoms with Gasteiger partial charge in [-0.2, -0.15) is 0 Å². The van der Waals surface area contributed by atoms with Gasteiger partial charge in [0.2, 0.25) is 11.4 Å². The number of unbranched alkanes of at least 4 members (excludes halogenated alkanes) is 23. The van der Waals surface area contributed by atoms with Crippen molar-refractivity contribution in [3.05, 3.63) is 103 Å². The SMILES string of the molecule is CCCCCCCCCCCCCCCCC#CCCCc1ccccc1C1=CC(CCCCCCCC)=C(c2ccc(CCCCCC)cc2)[N+]1=[N-].[CH3-].[CH3-].[Ni+2]. The van der Waals surface area contributed by atoms with Crippen molar-refractivity contribution in [3.63, 3.8) is 0 Å². The maximum Gasteiger partial charge on any atom is 2.00 e. The van der Waals surface area contributed by atoms with Gasteiger partial charge in [-0.15, -0.1) is 11.8 Å². The Morgan fingerprint density at radius 2 is 0.929 bits per heavy atom. The molecule has 2 nitrogen and oxygen atoms in total. The zero-order chi connectivity index (χ0) is 37.6. The second-order valence-electron chi connectivity index (χ2n) is 16.0. The molecule has 0 saturated carbocycles. The summed E-state index contributed by atoms with van der Waals surface area (Å²) in [5, 5.41) is 0.